The molecule has 0 saturated heterocycles. The van der Waals surface area contributed by atoms with Gasteiger partial charge in [0, 0.05) is 10.4 Å². The third kappa shape index (κ3) is 2.53. The van der Waals surface area contributed by atoms with E-state index in [-0.39, 0.29) is 0 Å². The molecular formula is C11H8ClNO2S. The highest BCUT2D eigenvalue weighted by molar-refractivity contribution is 7.14. The molecule has 5 heteroatoms. The molecule has 0 aliphatic rings. The quantitative estimate of drug-likeness (QED) is 0.844. The fraction of sp³-hybridized carbons (Fsp3) is 0. The van der Waals surface area contributed by atoms with Gasteiger partial charge in [-0.05, 0) is 29.3 Å². The average molecular weight is 254 g/mol. The minimum Gasteiger partial charge on any atom is -0.465 e. The van der Waals surface area contributed by atoms with E-state index in [0.29, 0.717) is 10.0 Å². The van der Waals surface area contributed by atoms with Crippen LogP contribution in [-0.4, -0.2) is 11.2 Å². The SMILES string of the molecule is O=C(O)Nc1cc(-c2cccc(Cl)c2)cs1. The molecule has 0 saturated carbocycles. The first-order valence-corrected chi connectivity index (χ1v) is 5.75. The van der Waals surface area contributed by atoms with Gasteiger partial charge < -0.3 is 5.11 Å². The van der Waals surface area contributed by atoms with Crippen LogP contribution in [0.2, 0.25) is 5.02 Å². The molecule has 1 amide bonds. The zero-order valence-corrected chi connectivity index (χ0v) is 9.68. The number of hydrogen-bond acceptors (Lipinski definition) is 2. The van der Waals surface area contributed by atoms with Gasteiger partial charge in [0.1, 0.15) is 0 Å². The Hall–Kier alpha value is -1.52. The van der Waals surface area contributed by atoms with E-state index in [4.69, 9.17) is 16.7 Å². The van der Waals surface area contributed by atoms with E-state index < -0.39 is 6.09 Å². The van der Waals surface area contributed by atoms with Gasteiger partial charge in [-0.1, -0.05) is 23.7 Å². The molecule has 1 aromatic carbocycles. The van der Waals surface area contributed by atoms with E-state index in [1.54, 1.807) is 12.1 Å². The van der Waals surface area contributed by atoms with Crippen LogP contribution in [0.15, 0.2) is 35.7 Å². The van der Waals surface area contributed by atoms with Gasteiger partial charge in [0.2, 0.25) is 0 Å². The second kappa shape index (κ2) is 4.55. The summed E-state index contributed by atoms with van der Waals surface area (Å²) in [7, 11) is 0. The molecule has 0 unspecified atom stereocenters. The van der Waals surface area contributed by atoms with E-state index in [0.717, 1.165) is 11.1 Å². The van der Waals surface area contributed by atoms with Gasteiger partial charge in [0.25, 0.3) is 0 Å². The summed E-state index contributed by atoms with van der Waals surface area (Å²) in [5.41, 5.74) is 1.93. The van der Waals surface area contributed by atoms with E-state index in [2.05, 4.69) is 5.32 Å². The van der Waals surface area contributed by atoms with Crippen molar-refractivity contribution in [3.8, 4) is 11.1 Å². The number of nitrogens with one attached hydrogen (secondary N) is 1. The molecule has 16 heavy (non-hydrogen) atoms. The number of rotatable bonds is 2. The maximum atomic E-state index is 10.4. The van der Waals surface area contributed by atoms with Crippen LogP contribution in [0.4, 0.5) is 9.80 Å². The summed E-state index contributed by atoms with van der Waals surface area (Å²) in [4.78, 5) is 10.4. The van der Waals surface area contributed by atoms with Crippen molar-refractivity contribution in [3.05, 3.63) is 40.7 Å². The topological polar surface area (TPSA) is 49.3 Å². The van der Waals surface area contributed by atoms with Crippen molar-refractivity contribution >= 4 is 34.0 Å². The fourth-order valence-corrected chi connectivity index (χ4v) is 2.32. The molecule has 1 aromatic heterocycles. The lowest BCUT2D eigenvalue weighted by molar-refractivity contribution is 0.210. The minimum absolute atomic E-state index is 0.600. The predicted molar refractivity (Wildman–Crippen MR) is 66.4 cm³/mol. The second-order valence-corrected chi connectivity index (χ2v) is 4.49. The molecule has 3 nitrogen and oxygen atoms in total. The van der Waals surface area contributed by atoms with Gasteiger partial charge in [-0.15, -0.1) is 11.3 Å². The van der Waals surface area contributed by atoms with Gasteiger partial charge in [0.15, 0.2) is 0 Å². The summed E-state index contributed by atoms with van der Waals surface area (Å²) in [6.45, 7) is 0. The lowest BCUT2D eigenvalue weighted by Gasteiger charge is -1.97. The molecule has 0 atom stereocenters. The van der Waals surface area contributed by atoms with Crippen molar-refractivity contribution in [2.75, 3.05) is 5.32 Å². The zero-order chi connectivity index (χ0) is 11.5. The number of amides is 1. The summed E-state index contributed by atoms with van der Waals surface area (Å²) in [5.74, 6) is 0. The van der Waals surface area contributed by atoms with Crippen LogP contribution in [0, 0.1) is 0 Å². The third-order valence-corrected chi connectivity index (χ3v) is 3.07. The molecule has 0 aliphatic heterocycles. The highest BCUT2D eigenvalue weighted by Crippen LogP contribution is 2.30. The van der Waals surface area contributed by atoms with Crippen LogP contribution in [-0.2, 0) is 0 Å². The Bertz CT molecular complexity index is 524. The van der Waals surface area contributed by atoms with Gasteiger partial charge >= 0.3 is 6.09 Å². The Labute approximate surface area is 101 Å². The van der Waals surface area contributed by atoms with Gasteiger partial charge in [-0.2, -0.15) is 0 Å². The highest BCUT2D eigenvalue weighted by atomic mass is 35.5. The molecular weight excluding hydrogens is 246 g/mol. The molecule has 2 rings (SSSR count). The van der Waals surface area contributed by atoms with E-state index >= 15 is 0 Å². The van der Waals surface area contributed by atoms with Gasteiger partial charge in [-0.3, -0.25) is 5.32 Å². The molecule has 1 heterocycles. The van der Waals surface area contributed by atoms with Crippen molar-refractivity contribution in [2.45, 2.75) is 0 Å². The van der Waals surface area contributed by atoms with Crippen LogP contribution >= 0.6 is 22.9 Å². The Morgan fingerprint density at radius 2 is 2.12 bits per heavy atom. The first-order chi connectivity index (χ1) is 7.65. The Morgan fingerprint density at radius 3 is 2.81 bits per heavy atom. The number of carbonyl (C=O) groups is 1. The molecule has 0 bridgehead atoms. The Kier molecular flexibility index (Phi) is 3.12. The monoisotopic (exact) mass is 253 g/mol. The molecule has 0 radical (unpaired) electrons. The number of carboxylic acid groups (broad SMARTS) is 1. The fourth-order valence-electron chi connectivity index (χ4n) is 1.33. The summed E-state index contributed by atoms with van der Waals surface area (Å²) >= 11 is 7.22. The van der Waals surface area contributed by atoms with Crippen LogP contribution in [0.5, 0.6) is 0 Å². The Balaban J connectivity index is 2.28. The molecule has 2 aromatic rings. The largest absolute Gasteiger partial charge is 0.465 e. The first kappa shape index (κ1) is 11.0. The molecule has 2 N–H and O–H groups in total. The third-order valence-electron chi connectivity index (χ3n) is 1.99. The summed E-state index contributed by atoms with van der Waals surface area (Å²) < 4.78 is 0. The molecule has 0 fully saturated rings. The average Bonchev–Trinajstić information content (AvgIpc) is 2.65. The number of hydrogen-bond donors (Lipinski definition) is 2. The summed E-state index contributed by atoms with van der Waals surface area (Å²) in [6, 6.07) is 9.21. The smallest absolute Gasteiger partial charge is 0.409 e. The lowest BCUT2D eigenvalue weighted by atomic mass is 10.1. The normalized spacial score (nSPS) is 10.1. The molecule has 82 valence electrons. The van der Waals surface area contributed by atoms with Crippen LogP contribution in [0.1, 0.15) is 0 Å². The van der Waals surface area contributed by atoms with Crippen molar-refractivity contribution in [1.29, 1.82) is 0 Å². The van der Waals surface area contributed by atoms with Crippen molar-refractivity contribution in [2.24, 2.45) is 0 Å². The minimum atomic E-state index is -1.06. The highest BCUT2D eigenvalue weighted by Gasteiger charge is 2.04. The maximum absolute atomic E-state index is 10.4. The van der Waals surface area contributed by atoms with Crippen LogP contribution in [0.25, 0.3) is 11.1 Å². The van der Waals surface area contributed by atoms with Gasteiger partial charge in [0.05, 0.1) is 5.00 Å². The molecule has 0 aliphatic carbocycles. The zero-order valence-electron chi connectivity index (χ0n) is 8.11. The van der Waals surface area contributed by atoms with Crippen LogP contribution in [0.3, 0.4) is 0 Å². The molecule has 0 spiro atoms. The maximum Gasteiger partial charge on any atom is 0.409 e. The number of thiophene rings is 1. The lowest BCUT2D eigenvalue weighted by Crippen LogP contribution is -2.05. The second-order valence-electron chi connectivity index (χ2n) is 3.14. The number of anilines is 1. The summed E-state index contributed by atoms with van der Waals surface area (Å²) in [5, 5.41) is 14.0. The predicted octanol–water partition coefficient (Wildman–Crippen LogP) is 4.16. The number of halogens is 1. The van der Waals surface area contributed by atoms with E-state index in [9.17, 15) is 4.79 Å². The van der Waals surface area contributed by atoms with E-state index in [1.165, 1.54) is 11.3 Å². The van der Waals surface area contributed by atoms with Gasteiger partial charge in [-0.25, -0.2) is 4.79 Å². The number of benzene rings is 1. The van der Waals surface area contributed by atoms with Crippen molar-refractivity contribution in [3.63, 3.8) is 0 Å². The Morgan fingerprint density at radius 1 is 1.31 bits per heavy atom. The first-order valence-electron chi connectivity index (χ1n) is 4.49. The van der Waals surface area contributed by atoms with E-state index in [1.807, 2.05) is 23.6 Å². The van der Waals surface area contributed by atoms with Crippen molar-refractivity contribution < 1.29 is 9.90 Å². The van der Waals surface area contributed by atoms with Crippen LogP contribution < -0.4 is 5.32 Å². The van der Waals surface area contributed by atoms with Crippen molar-refractivity contribution in [1.82, 2.24) is 0 Å². The summed E-state index contributed by atoms with van der Waals surface area (Å²) in [6.07, 6.45) is -1.06. The standard InChI is InChI=1S/C11H8ClNO2S/c12-9-3-1-2-7(4-9)8-5-10(16-6-8)13-11(14)15/h1-6,13H,(H,14,15).